The lowest BCUT2D eigenvalue weighted by atomic mass is 9.72. The number of methoxy groups -OCH3 is 4. The Hall–Kier alpha value is -5.97. The highest BCUT2D eigenvalue weighted by Gasteiger charge is 2.53. The summed E-state index contributed by atoms with van der Waals surface area (Å²) in [6.45, 7) is 27.8. The van der Waals surface area contributed by atoms with Gasteiger partial charge in [0.1, 0.15) is 0 Å². The van der Waals surface area contributed by atoms with E-state index in [2.05, 4.69) is 13.7 Å². The quantitative estimate of drug-likeness (QED) is 0.0333. The van der Waals surface area contributed by atoms with Crippen LogP contribution in [0.15, 0.2) is 60.7 Å². The molecule has 95 heavy (non-hydrogen) atoms. The highest BCUT2D eigenvalue weighted by Crippen LogP contribution is 2.39. The topological polar surface area (TPSA) is 241 Å². The van der Waals surface area contributed by atoms with E-state index in [0.717, 1.165) is 111 Å². The predicted octanol–water partition coefficient (Wildman–Crippen LogP) is 11.9. The smallest absolute Gasteiger partial charge is 0.465 e. The SMILES string of the molecule is CC1(C)OBOC1(C)C.COC(=O)c1ccc(C)cc1C.COC(=O)c1ccc(COC2CCCCO2)c(B2OC(C)(C)C(C)(C)O2)c1C.COC(=O)c1ccc(COC2CCCCO2)c(OS(=O)(=O)C(F)(F)F)c1C.COC(=O)c1ccc(COC2CCCCO2)cc1C. The number of ether oxygens (including phenoxy) is 10. The van der Waals surface area contributed by atoms with Gasteiger partial charge in [-0.25, -0.2) is 19.2 Å². The van der Waals surface area contributed by atoms with E-state index in [9.17, 15) is 40.8 Å². The molecule has 0 N–H and O–H groups in total. The van der Waals surface area contributed by atoms with E-state index < -0.39 is 52.0 Å². The summed E-state index contributed by atoms with van der Waals surface area (Å²) in [5.74, 6) is -2.41. The Morgan fingerprint density at radius 3 is 1.29 bits per heavy atom. The van der Waals surface area contributed by atoms with Gasteiger partial charge in [0.05, 0.1) is 92.9 Å². The molecule has 5 aliphatic rings. The highest BCUT2D eigenvalue weighted by molar-refractivity contribution is 7.88. The van der Waals surface area contributed by atoms with E-state index in [-0.39, 0.29) is 65.0 Å². The largest absolute Gasteiger partial charge is 0.534 e. The zero-order chi connectivity index (χ0) is 70.7. The Kier molecular flexibility index (Phi) is 29.8. The van der Waals surface area contributed by atoms with E-state index in [1.54, 1.807) is 18.2 Å². The van der Waals surface area contributed by atoms with Crippen LogP contribution in [-0.4, -0.2) is 142 Å². The molecule has 0 aliphatic carbocycles. The molecule has 4 aromatic carbocycles. The fraction of sp³-hybridized carbons (Fsp3) is 0.588. The zero-order valence-electron chi connectivity index (χ0n) is 58.0. The summed E-state index contributed by atoms with van der Waals surface area (Å²) in [7, 11) is -0.829. The molecule has 9 rings (SSSR count). The standard InChI is InChI=1S/C21H31BO6.C16H19F3O7S.C15H20O4.C10H12O2.C6H13BO2/c1-14-16(19(23)24-6)11-10-15(13-26-17-9-7-8-12-25-17)18(14)22-27-20(2,3)21(4,5)28-22;1-10-12(15(20)23-2)7-6-11(9-25-13-5-3-4-8-24-13)14(10)26-27(21,22)16(17,18)19;1-11-9-12(6-7-13(11)15(16)17-2)10-19-14-5-3-4-8-18-14;1-7-4-5-9(8(2)6-7)10(11)12-3;1-5(2)6(3,4)9-7-8-5/h10-11,17H,7-9,12-13H2,1-6H3;6-7,13H,3-5,8-9H2,1-2H3;6-7,9,14H,3-5,8,10H2,1-2H3;4-6H,1-3H3;7H,1-4H3. The van der Waals surface area contributed by atoms with Crippen molar-refractivity contribution in [1.82, 2.24) is 0 Å². The molecule has 0 radical (unpaired) electrons. The van der Waals surface area contributed by atoms with Gasteiger partial charge in [0.25, 0.3) is 0 Å². The van der Waals surface area contributed by atoms with E-state index in [1.165, 1.54) is 40.4 Å². The third-order valence-corrected chi connectivity index (χ3v) is 18.3. The number of hydrogen-bond acceptors (Lipinski definition) is 21. The van der Waals surface area contributed by atoms with Crippen molar-refractivity contribution in [2.75, 3.05) is 48.3 Å². The molecule has 5 saturated heterocycles. The minimum atomic E-state index is -5.93. The van der Waals surface area contributed by atoms with Crippen molar-refractivity contribution in [2.45, 2.75) is 214 Å². The van der Waals surface area contributed by atoms with Crippen LogP contribution in [0.4, 0.5) is 13.2 Å². The molecule has 3 unspecified atom stereocenters. The molecular weight excluding hydrogens is 1260 g/mol. The molecule has 0 spiro atoms. The van der Waals surface area contributed by atoms with Gasteiger partial charge in [0.2, 0.25) is 0 Å². The van der Waals surface area contributed by atoms with Crippen LogP contribution in [-0.2, 0) is 95.9 Å². The molecule has 0 amide bonds. The molecule has 0 bridgehead atoms. The summed E-state index contributed by atoms with van der Waals surface area (Å²) in [5, 5.41) is 0. The number of hydrogen-bond donors (Lipinski definition) is 0. The van der Waals surface area contributed by atoms with Crippen LogP contribution in [0.1, 0.15) is 199 Å². The molecule has 0 aromatic heterocycles. The minimum absolute atomic E-state index is 0.0298. The Morgan fingerprint density at radius 2 is 0.905 bits per heavy atom. The lowest BCUT2D eigenvalue weighted by molar-refractivity contribution is -0.169. The first kappa shape index (κ1) is 79.7. The normalized spacial score (nSPS) is 20.0. The lowest BCUT2D eigenvalue weighted by Crippen LogP contribution is -2.41. The monoisotopic (exact) mass is 1360 g/mol. The number of halogens is 3. The Morgan fingerprint density at radius 1 is 0.516 bits per heavy atom. The summed E-state index contributed by atoms with van der Waals surface area (Å²) in [4.78, 5) is 46.6. The van der Waals surface area contributed by atoms with E-state index >= 15 is 0 Å². The fourth-order valence-electron chi connectivity index (χ4n) is 10.1. The number of aryl methyl sites for hydroxylation is 3. The Balaban J connectivity index is 0.000000226. The molecule has 0 saturated carbocycles. The van der Waals surface area contributed by atoms with Gasteiger partial charge in [0.15, 0.2) is 24.6 Å². The third kappa shape index (κ3) is 22.3. The fourth-order valence-corrected chi connectivity index (χ4v) is 10.6. The average molecular weight is 1360 g/mol. The molecule has 5 fully saturated rings. The molecule has 27 heteroatoms. The van der Waals surface area contributed by atoms with Crippen LogP contribution in [0.25, 0.3) is 0 Å². The van der Waals surface area contributed by atoms with E-state index in [1.807, 2.05) is 113 Å². The summed E-state index contributed by atoms with van der Waals surface area (Å²) in [6, 6.07) is 17.5. The number of carbonyl (C=O) groups is 4. The maximum absolute atomic E-state index is 12.7. The molecular formula is C68H95B2F3O21S. The Bertz CT molecular complexity index is 3290. The predicted molar refractivity (Wildman–Crippen MR) is 349 cm³/mol. The summed E-state index contributed by atoms with van der Waals surface area (Å²) < 4.78 is 141. The van der Waals surface area contributed by atoms with Crippen LogP contribution in [0.5, 0.6) is 5.75 Å². The van der Waals surface area contributed by atoms with Gasteiger partial charge in [-0.15, -0.1) is 0 Å². The van der Waals surface area contributed by atoms with E-state index in [0.29, 0.717) is 50.6 Å². The molecule has 21 nitrogen and oxygen atoms in total. The zero-order valence-corrected chi connectivity index (χ0v) is 58.8. The number of alkyl halides is 3. The van der Waals surface area contributed by atoms with Crippen molar-refractivity contribution in [1.29, 1.82) is 0 Å². The van der Waals surface area contributed by atoms with Crippen molar-refractivity contribution in [2.24, 2.45) is 0 Å². The van der Waals surface area contributed by atoms with Gasteiger partial charge < -0.3 is 70.2 Å². The average Bonchev–Trinajstić information content (AvgIpc) is 1.69. The van der Waals surface area contributed by atoms with Crippen LogP contribution in [0.2, 0.25) is 0 Å². The molecule has 4 aromatic rings. The first-order valence-electron chi connectivity index (χ1n) is 31.6. The van der Waals surface area contributed by atoms with Gasteiger partial charge >= 0.3 is 54.3 Å². The Labute approximate surface area is 558 Å². The first-order chi connectivity index (χ1) is 44.5. The molecule has 3 atom stereocenters. The van der Waals surface area contributed by atoms with Gasteiger partial charge in [0, 0.05) is 30.9 Å². The number of carbonyl (C=O) groups excluding carboxylic acids is 4. The van der Waals surface area contributed by atoms with Crippen LogP contribution in [0, 0.1) is 34.6 Å². The highest BCUT2D eigenvalue weighted by atomic mass is 32.2. The van der Waals surface area contributed by atoms with Gasteiger partial charge in [-0.3, -0.25) is 0 Å². The van der Waals surface area contributed by atoms with Crippen molar-refractivity contribution in [3.63, 3.8) is 0 Å². The maximum Gasteiger partial charge on any atom is 0.534 e. The second-order valence-electron chi connectivity index (χ2n) is 25.3. The van der Waals surface area contributed by atoms with Crippen molar-refractivity contribution < 1.29 is 111 Å². The third-order valence-electron chi connectivity index (χ3n) is 17.3. The molecule has 526 valence electrons. The van der Waals surface area contributed by atoms with Gasteiger partial charge in [-0.05, 0) is 205 Å². The van der Waals surface area contributed by atoms with Crippen LogP contribution < -0.4 is 9.65 Å². The number of esters is 4. The summed E-state index contributed by atoms with van der Waals surface area (Å²) >= 11 is 0. The lowest BCUT2D eigenvalue weighted by Gasteiger charge is -2.32. The van der Waals surface area contributed by atoms with Crippen molar-refractivity contribution in [3.8, 4) is 5.75 Å². The summed E-state index contributed by atoms with van der Waals surface area (Å²) in [5.41, 5.74) is 1.31. The second-order valence-corrected chi connectivity index (χ2v) is 26.8. The molecule has 5 aliphatic heterocycles. The first-order valence-corrected chi connectivity index (χ1v) is 33.0. The van der Waals surface area contributed by atoms with Crippen LogP contribution in [0.3, 0.4) is 0 Å². The van der Waals surface area contributed by atoms with E-state index in [4.69, 9.17) is 56.5 Å². The van der Waals surface area contributed by atoms with Gasteiger partial charge in [-0.1, -0.05) is 42.0 Å². The second kappa shape index (κ2) is 35.5. The number of rotatable bonds is 16. The van der Waals surface area contributed by atoms with Gasteiger partial charge in [-0.2, -0.15) is 21.6 Å². The van der Waals surface area contributed by atoms with Crippen molar-refractivity contribution in [3.05, 3.63) is 127 Å². The van der Waals surface area contributed by atoms with Crippen molar-refractivity contribution >= 4 is 54.3 Å². The summed E-state index contributed by atoms with van der Waals surface area (Å²) in [6.07, 6.45) is 7.84. The molecule has 5 heterocycles. The number of benzene rings is 4. The van der Waals surface area contributed by atoms with Crippen LogP contribution >= 0.6 is 0 Å². The maximum atomic E-state index is 12.7. The minimum Gasteiger partial charge on any atom is -0.465 e.